The average Bonchev–Trinajstić information content (AvgIpc) is 2.18. The number of hydrogen-bond donors (Lipinski definition) is 1. The standard InChI is InChI=1S/C14H28N2/c1-13(2)7-5-12(6-8-13)16-10-9-15-11-14(16,3)4/h12,15H,5-11H2,1-4H3. The molecule has 0 unspecified atom stereocenters. The molecule has 0 aromatic rings. The largest absolute Gasteiger partial charge is 0.314 e. The van der Waals surface area contributed by atoms with Crippen molar-refractivity contribution in [2.75, 3.05) is 19.6 Å². The predicted molar refractivity (Wildman–Crippen MR) is 69.7 cm³/mol. The molecule has 1 heterocycles. The fourth-order valence-electron chi connectivity index (χ4n) is 3.37. The Hall–Kier alpha value is -0.0800. The molecule has 0 spiro atoms. The highest BCUT2D eigenvalue weighted by Crippen LogP contribution is 2.38. The fourth-order valence-corrected chi connectivity index (χ4v) is 3.37. The van der Waals surface area contributed by atoms with E-state index in [0.717, 1.165) is 12.6 Å². The monoisotopic (exact) mass is 224 g/mol. The van der Waals surface area contributed by atoms with Gasteiger partial charge in [0.2, 0.25) is 0 Å². The fraction of sp³-hybridized carbons (Fsp3) is 1.00. The molecule has 2 heteroatoms. The molecule has 2 aliphatic rings. The molecule has 1 aliphatic carbocycles. The van der Waals surface area contributed by atoms with Crippen molar-refractivity contribution in [2.24, 2.45) is 5.41 Å². The summed E-state index contributed by atoms with van der Waals surface area (Å²) >= 11 is 0. The lowest BCUT2D eigenvalue weighted by molar-refractivity contribution is 0.0117. The molecule has 0 atom stereocenters. The van der Waals surface area contributed by atoms with Crippen LogP contribution >= 0.6 is 0 Å². The molecule has 0 amide bonds. The van der Waals surface area contributed by atoms with Gasteiger partial charge in [0.05, 0.1) is 0 Å². The Kier molecular flexibility index (Phi) is 3.33. The van der Waals surface area contributed by atoms with Crippen LogP contribution in [-0.2, 0) is 0 Å². The zero-order valence-electron chi connectivity index (χ0n) is 11.5. The number of rotatable bonds is 1. The highest BCUT2D eigenvalue weighted by molar-refractivity contribution is 4.94. The number of piperazine rings is 1. The molecule has 16 heavy (non-hydrogen) atoms. The van der Waals surface area contributed by atoms with Crippen LogP contribution in [0.2, 0.25) is 0 Å². The third kappa shape index (κ3) is 2.60. The normalized spacial score (nSPS) is 31.5. The van der Waals surface area contributed by atoms with E-state index in [2.05, 4.69) is 37.9 Å². The van der Waals surface area contributed by atoms with E-state index in [9.17, 15) is 0 Å². The smallest absolute Gasteiger partial charge is 0.0281 e. The lowest BCUT2D eigenvalue weighted by Crippen LogP contribution is -2.61. The molecule has 2 nitrogen and oxygen atoms in total. The maximum absolute atomic E-state index is 3.52. The van der Waals surface area contributed by atoms with E-state index in [1.807, 2.05) is 0 Å². The van der Waals surface area contributed by atoms with Gasteiger partial charge in [0.1, 0.15) is 0 Å². The van der Waals surface area contributed by atoms with Crippen molar-refractivity contribution < 1.29 is 0 Å². The van der Waals surface area contributed by atoms with Gasteiger partial charge in [0, 0.05) is 31.2 Å². The number of hydrogen-bond acceptors (Lipinski definition) is 2. The van der Waals surface area contributed by atoms with E-state index in [-0.39, 0.29) is 0 Å². The van der Waals surface area contributed by atoms with Gasteiger partial charge in [-0.3, -0.25) is 4.90 Å². The van der Waals surface area contributed by atoms with Crippen LogP contribution in [0.1, 0.15) is 53.4 Å². The molecular weight excluding hydrogens is 196 g/mol. The number of nitrogens with zero attached hydrogens (tertiary/aromatic N) is 1. The lowest BCUT2D eigenvalue weighted by Gasteiger charge is -2.50. The minimum atomic E-state index is 0.352. The van der Waals surface area contributed by atoms with Gasteiger partial charge in [-0.25, -0.2) is 0 Å². The van der Waals surface area contributed by atoms with Crippen molar-refractivity contribution in [1.82, 2.24) is 10.2 Å². The summed E-state index contributed by atoms with van der Waals surface area (Å²) in [7, 11) is 0. The van der Waals surface area contributed by atoms with Gasteiger partial charge < -0.3 is 5.32 Å². The predicted octanol–water partition coefficient (Wildman–Crippen LogP) is 2.64. The first-order valence-electron chi connectivity index (χ1n) is 6.88. The van der Waals surface area contributed by atoms with Crippen LogP contribution in [0.15, 0.2) is 0 Å². The molecule has 1 aliphatic heterocycles. The highest BCUT2D eigenvalue weighted by Gasteiger charge is 2.37. The molecule has 2 rings (SSSR count). The second-order valence-corrected chi connectivity index (χ2v) is 7.08. The summed E-state index contributed by atoms with van der Waals surface area (Å²) in [4.78, 5) is 2.76. The maximum atomic E-state index is 3.52. The molecule has 1 N–H and O–H groups in total. The van der Waals surface area contributed by atoms with Gasteiger partial charge in [-0.1, -0.05) is 13.8 Å². The lowest BCUT2D eigenvalue weighted by atomic mass is 9.74. The van der Waals surface area contributed by atoms with Crippen LogP contribution < -0.4 is 5.32 Å². The third-order valence-electron chi connectivity index (χ3n) is 4.61. The van der Waals surface area contributed by atoms with Crippen LogP contribution in [0.4, 0.5) is 0 Å². The first-order chi connectivity index (χ1) is 7.41. The summed E-state index contributed by atoms with van der Waals surface area (Å²) in [5.41, 5.74) is 0.944. The second kappa shape index (κ2) is 4.30. The molecule has 1 saturated heterocycles. The zero-order chi connectivity index (χ0) is 11.8. The second-order valence-electron chi connectivity index (χ2n) is 7.08. The van der Waals surface area contributed by atoms with Crippen molar-refractivity contribution in [3.63, 3.8) is 0 Å². The van der Waals surface area contributed by atoms with Crippen LogP contribution in [0.5, 0.6) is 0 Å². The first kappa shape index (κ1) is 12.4. The zero-order valence-corrected chi connectivity index (χ0v) is 11.5. The molecule has 0 aromatic carbocycles. The topological polar surface area (TPSA) is 15.3 Å². The summed E-state index contributed by atoms with van der Waals surface area (Å²) in [6.45, 7) is 13.2. The summed E-state index contributed by atoms with van der Waals surface area (Å²) in [5.74, 6) is 0. The quantitative estimate of drug-likeness (QED) is 0.736. The van der Waals surface area contributed by atoms with Crippen LogP contribution in [-0.4, -0.2) is 36.1 Å². The van der Waals surface area contributed by atoms with Crippen molar-refractivity contribution in [2.45, 2.75) is 65.0 Å². The molecule has 1 saturated carbocycles. The molecule has 0 aromatic heterocycles. The Morgan fingerprint density at radius 2 is 1.69 bits per heavy atom. The Labute approximate surface area is 101 Å². The molecule has 94 valence electrons. The van der Waals surface area contributed by atoms with Gasteiger partial charge >= 0.3 is 0 Å². The van der Waals surface area contributed by atoms with E-state index >= 15 is 0 Å². The first-order valence-corrected chi connectivity index (χ1v) is 6.88. The Morgan fingerprint density at radius 1 is 1.06 bits per heavy atom. The number of nitrogens with one attached hydrogen (secondary N) is 1. The van der Waals surface area contributed by atoms with Crippen molar-refractivity contribution >= 4 is 0 Å². The van der Waals surface area contributed by atoms with Crippen LogP contribution in [0, 0.1) is 5.41 Å². The Bertz CT molecular complexity index is 235. The van der Waals surface area contributed by atoms with E-state index in [4.69, 9.17) is 0 Å². The third-order valence-corrected chi connectivity index (χ3v) is 4.61. The van der Waals surface area contributed by atoms with Crippen LogP contribution in [0.3, 0.4) is 0 Å². The molecule has 0 bridgehead atoms. The van der Waals surface area contributed by atoms with Gasteiger partial charge in [-0.2, -0.15) is 0 Å². The van der Waals surface area contributed by atoms with Gasteiger partial charge in [-0.15, -0.1) is 0 Å². The maximum Gasteiger partial charge on any atom is 0.0281 e. The van der Waals surface area contributed by atoms with E-state index in [1.165, 1.54) is 38.8 Å². The van der Waals surface area contributed by atoms with E-state index in [1.54, 1.807) is 0 Å². The summed E-state index contributed by atoms with van der Waals surface area (Å²) in [6.07, 6.45) is 5.60. The van der Waals surface area contributed by atoms with Crippen molar-refractivity contribution in [3.8, 4) is 0 Å². The summed E-state index contributed by atoms with van der Waals surface area (Å²) in [6, 6.07) is 0.838. The minimum absolute atomic E-state index is 0.352. The van der Waals surface area contributed by atoms with Crippen molar-refractivity contribution in [3.05, 3.63) is 0 Å². The van der Waals surface area contributed by atoms with E-state index in [0.29, 0.717) is 11.0 Å². The summed E-state index contributed by atoms with van der Waals surface area (Å²) in [5, 5.41) is 3.52. The Morgan fingerprint density at radius 3 is 2.25 bits per heavy atom. The SMILES string of the molecule is CC1(C)CCC(N2CCNCC2(C)C)CC1. The molecule has 2 fully saturated rings. The van der Waals surface area contributed by atoms with Crippen LogP contribution in [0.25, 0.3) is 0 Å². The minimum Gasteiger partial charge on any atom is -0.314 e. The van der Waals surface area contributed by atoms with Gasteiger partial charge in [-0.05, 0) is 44.9 Å². The van der Waals surface area contributed by atoms with E-state index < -0.39 is 0 Å². The van der Waals surface area contributed by atoms with Gasteiger partial charge in [0.15, 0.2) is 0 Å². The van der Waals surface area contributed by atoms with Gasteiger partial charge in [0.25, 0.3) is 0 Å². The van der Waals surface area contributed by atoms with Crippen molar-refractivity contribution in [1.29, 1.82) is 0 Å². The summed E-state index contributed by atoms with van der Waals surface area (Å²) < 4.78 is 0. The average molecular weight is 224 g/mol. The molecular formula is C14H28N2. The highest BCUT2D eigenvalue weighted by atomic mass is 15.3. The molecule has 0 radical (unpaired) electrons. The Balaban J connectivity index is 1.97.